The zero-order valence-electron chi connectivity index (χ0n) is 9.02. The second-order valence-corrected chi connectivity index (χ2v) is 4.51. The summed E-state index contributed by atoms with van der Waals surface area (Å²) in [6.07, 6.45) is 2.86. The van der Waals surface area contributed by atoms with Crippen LogP contribution in [-0.4, -0.2) is 37.1 Å². The molecular weight excluding hydrogens is 184 g/mol. The molecule has 0 bridgehead atoms. The molecule has 1 heterocycles. The first kappa shape index (κ1) is 9.22. The predicted octanol–water partition coefficient (Wildman–Crippen LogP) is 1.77. The summed E-state index contributed by atoms with van der Waals surface area (Å²) in [7, 11) is 0. The van der Waals surface area contributed by atoms with Crippen molar-refractivity contribution in [1.29, 1.82) is 0 Å². The van der Waals surface area contributed by atoms with Crippen LogP contribution in [0, 0.1) is 6.07 Å². The Hall–Kier alpha value is -1.02. The molecule has 1 saturated carbocycles. The fourth-order valence-corrected chi connectivity index (χ4v) is 2.37. The summed E-state index contributed by atoms with van der Waals surface area (Å²) in [5.41, 5.74) is 1.35. The molecule has 1 aliphatic carbocycles. The Morgan fingerprint density at radius 3 is 2.27 bits per heavy atom. The third kappa shape index (κ3) is 2.00. The van der Waals surface area contributed by atoms with Crippen LogP contribution in [0.1, 0.15) is 12.8 Å². The van der Waals surface area contributed by atoms with Crippen molar-refractivity contribution in [2.45, 2.75) is 18.9 Å². The lowest BCUT2D eigenvalue weighted by atomic mass is 10.2. The molecule has 2 fully saturated rings. The first-order valence-corrected chi connectivity index (χ1v) is 5.88. The van der Waals surface area contributed by atoms with E-state index in [1.807, 2.05) is 12.1 Å². The van der Waals surface area contributed by atoms with Gasteiger partial charge in [0.25, 0.3) is 0 Å². The molecule has 1 aliphatic heterocycles. The van der Waals surface area contributed by atoms with E-state index in [9.17, 15) is 0 Å². The highest BCUT2D eigenvalue weighted by Crippen LogP contribution is 2.28. The second-order valence-electron chi connectivity index (χ2n) is 4.51. The number of piperazine rings is 1. The third-order valence-electron chi connectivity index (χ3n) is 3.44. The van der Waals surface area contributed by atoms with E-state index in [-0.39, 0.29) is 0 Å². The van der Waals surface area contributed by atoms with E-state index in [0.29, 0.717) is 0 Å². The van der Waals surface area contributed by atoms with Crippen molar-refractivity contribution in [3.8, 4) is 0 Å². The highest BCUT2D eigenvalue weighted by atomic mass is 15.3. The fraction of sp³-hybridized carbons (Fsp3) is 0.538. The maximum Gasteiger partial charge on any atom is 0.0367 e. The highest BCUT2D eigenvalue weighted by molar-refractivity contribution is 5.46. The van der Waals surface area contributed by atoms with E-state index in [2.05, 4.69) is 28.0 Å². The van der Waals surface area contributed by atoms with Crippen LogP contribution in [0.2, 0.25) is 0 Å². The fourth-order valence-electron chi connectivity index (χ4n) is 2.37. The van der Waals surface area contributed by atoms with Gasteiger partial charge in [-0.25, -0.2) is 0 Å². The molecule has 2 nitrogen and oxygen atoms in total. The standard InChI is InChI=1S/C13H17N2/c1-2-4-12(5-3-1)14-8-10-15(11-9-14)13-6-7-13/h2-5,13H,6-11H2. The van der Waals surface area contributed by atoms with E-state index in [4.69, 9.17) is 0 Å². The average Bonchev–Trinajstić information content (AvgIpc) is 3.15. The minimum absolute atomic E-state index is 0.927. The van der Waals surface area contributed by atoms with Crippen LogP contribution in [0.15, 0.2) is 24.3 Å². The van der Waals surface area contributed by atoms with E-state index in [0.717, 1.165) is 6.04 Å². The first-order valence-electron chi connectivity index (χ1n) is 5.88. The maximum absolute atomic E-state index is 3.07. The highest BCUT2D eigenvalue weighted by Gasteiger charge is 2.30. The van der Waals surface area contributed by atoms with Crippen LogP contribution in [0.25, 0.3) is 0 Å². The van der Waals surface area contributed by atoms with Gasteiger partial charge in [-0.3, -0.25) is 4.90 Å². The molecule has 1 aromatic rings. The van der Waals surface area contributed by atoms with Crippen LogP contribution in [0.4, 0.5) is 5.69 Å². The summed E-state index contributed by atoms with van der Waals surface area (Å²) in [4.78, 5) is 5.12. The third-order valence-corrected chi connectivity index (χ3v) is 3.44. The zero-order chi connectivity index (χ0) is 10.1. The summed E-state index contributed by atoms with van der Waals surface area (Å²) >= 11 is 0. The molecule has 0 spiro atoms. The topological polar surface area (TPSA) is 6.48 Å². The van der Waals surface area contributed by atoms with E-state index >= 15 is 0 Å². The van der Waals surface area contributed by atoms with Crippen molar-refractivity contribution in [1.82, 2.24) is 4.90 Å². The number of anilines is 1. The minimum Gasteiger partial charge on any atom is -0.369 e. The van der Waals surface area contributed by atoms with Gasteiger partial charge in [0.15, 0.2) is 0 Å². The van der Waals surface area contributed by atoms with Gasteiger partial charge in [-0.05, 0) is 31.0 Å². The SMILES string of the molecule is [c]1ccc(N2CCN(C3CC3)CC2)cc1. The van der Waals surface area contributed by atoms with Gasteiger partial charge in [0, 0.05) is 37.9 Å². The van der Waals surface area contributed by atoms with Crippen molar-refractivity contribution in [2.75, 3.05) is 31.1 Å². The lowest BCUT2D eigenvalue weighted by Gasteiger charge is -2.36. The molecule has 2 heteroatoms. The molecule has 2 aliphatic rings. The molecule has 1 radical (unpaired) electrons. The molecule has 0 N–H and O–H groups in total. The molecule has 79 valence electrons. The van der Waals surface area contributed by atoms with Crippen LogP contribution >= 0.6 is 0 Å². The number of benzene rings is 1. The van der Waals surface area contributed by atoms with Crippen molar-refractivity contribution in [2.24, 2.45) is 0 Å². The number of rotatable bonds is 2. The number of nitrogens with zero attached hydrogens (tertiary/aromatic N) is 2. The molecule has 0 unspecified atom stereocenters. The summed E-state index contributed by atoms with van der Waals surface area (Å²) in [5.74, 6) is 0. The Bertz CT molecular complexity index is 311. The predicted molar refractivity (Wildman–Crippen MR) is 62.1 cm³/mol. The average molecular weight is 201 g/mol. The van der Waals surface area contributed by atoms with Crippen molar-refractivity contribution < 1.29 is 0 Å². The molecule has 3 rings (SSSR count). The van der Waals surface area contributed by atoms with Gasteiger partial charge in [0.2, 0.25) is 0 Å². The lowest BCUT2D eigenvalue weighted by molar-refractivity contribution is 0.248. The molecule has 0 amide bonds. The molecule has 15 heavy (non-hydrogen) atoms. The van der Waals surface area contributed by atoms with Gasteiger partial charge >= 0.3 is 0 Å². The van der Waals surface area contributed by atoms with Crippen molar-refractivity contribution in [3.05, 3.63) is 30.3 Å². The number of hydrogen-bond donors (Lipinski definition) is 0. The molecule has 0 aromatic heterocycles. The van der Waals surface area contributed by atoms with E-state index in [1.165, 1.54) is 44.7 Å². The Morgan fingerprint density at radius 2 is 1.67 bits per heavy atom. The van der Waals surface area contributed by atoms with Crippen LogP contribution < -0.4 is 4.90 Å². The lowest BCUT2D eigenvalue weighted by Crippen LogP contribution is -2.47. The zero-order valence-corrected chi connectivity index (χ0v) is 9.02. The Morgan fingerprint density at radius 1 is 1.00 bits per heavy atom. The van der Waals surface area contributed by atoms with Gasteiger partial charge in [0.05, 0.1) is 0 Å². The normalized spacial score (nSPS) is 23.1. The van der Waals surface area contributed by atoms with Crippen LogP contribution in [0.3, 0.4) is 0 Å². The van der Waals surface area contributed by atoms with Gasteiger partial charge in [-0.1, -0.05) is 12.1 Å². The Balaban J connectivity index is 1.61. The van der Waals surface area contributed by atoms with E-state index < -0.39 is 0 Å². The molecule has 1 saturated heterocycles. The maximum atomic E-state index is 3.07. The van der Waals surface area contributed by atoms with Crippen LogP contribution in [0.5, 0.6) is 0 Å². The largest absolute Gasteiger partial charge is 0.369 e. The van der Waals surface area contributed by atoms with Gasteiger partial charge in [0.1, 0.15) is 0 Å². The second kappa shape index (κ2) is 3.86. The summed E-state index contributed by atoms with van der Waals surface area (Å²) < 4.78 is 0. The molecule has 0 atom stereocenters. The Labute approximate surface area is 91.5 Å². The van der Waals surface area contributed by atoms with Gasteiger partial charge in [-0.15, -0.1) is 0 Å². The van der Waals surface area contributed by atoms with Crippen LogP contribution in [-0.2, 0) is 0 Å². The quantitative estimate of drug-likeness (QED) is 0.719. The number of hydrogen-bond acceptors (Lipinski definition) is 2. The molecular formula is C13H17N2. The summed E-state index contributed by atoms with van der Waals surface area (Å²) in [5, 5.41) is 0. The van der Waals surface area contributed by atoms with Gasteiger partial charge < -0.3 is 4.90 Å². The summed E-state index contributed by atoms with van der Waals surface area (Å²) in [6.45, 7) is 4.84. The summed E-state index contributed by atoms with van der Waals surface area (Å²) in [6, 6.07) is 12.3. The van der Waals surface area contributed by atoms with E-state index in [1.54, 1.807) is 0 Å². The first-order chi connectivity index (χ1) is 7.43. The molecule has 1 aromatic carbocycles. The monoisotopic (exact) mass is 201 g/mol. The Kier molecular flexibility index (Phi) is 2.37. The van der Waals surface area contributed by atoms with Crippen molar-refractivity contribution >= 4 is 5.69 Å². The minimum atomic E-state index is 0.927. The van der Waals surface area contributed by atoms with Crippen molar-refractivity contribution in [3.63, 3.8) is 0 Å². The van der Waals surface area contributed by atoms with Gasteiger partial charge in [-0.2, -0.15) is 0 Å². The smallest absolute Gasteiger partial charge is 0.0367 e.